The maximum Gasteiger partial charge on any atom is 0.263 e. The summed E-state index contributed by atoms with van der Waals surface area (Å²) >= 11 is 1.54. The van der Waals surface area contributed by atoms with Crippen LogP contribution in [-0.4, -0.2) is 37.1 Å². The molecule has 112 valence electrons. The number of ether oxygens (including phenoxy) is 2. The molecule has 0 saturated carbocycles. The van der Waals surface area contributed by atoms with Gasteiger partial charge in [-0.2, -0.15) is 0 Å². The number of carbonyl (C=O) groups is 1. The molecule has 0 aliphatic carbocycles. The third-order valence-corrected chi connectivity index (χ3v) is 3.63. The second-order valence-electron chi connectivity index (χ2n) is 4.28. The van der Waals surface area contributed by atoms with Crippen LogP contribution < -0.4 is 14.8 Å². The average Bonchev–Trinajstić information content (AvgIpc) is 2.99. The van der Waals surface area contributed by atoms with Gasteiger partial charge < -0.3 is 14.8 Å². The maximum atomic E-state index is 11.8. The summed E-state index contributed by atoms with van der Waals surface area (Å²) in [5, 5.41) is 3.38. The number of carbonyl (C=O) groups excluding carboxylic acids is 1. The van der Waals surface area contributed by atoms with E-state index in [1.165, 1.54) is 11.8 Å². The number of amides is 1. The molecule has 0 unspecified atom stereocenters. The van der Waals surface area contributed by atoms with E-state index < -0.39 is 0 Å². The maximum absolute atomic E-state index is 11.8. The van der Waals surface area contributed by atoms with Gasteiger partial charge in [-0.25, -0.2) is 0 Å². The number of methoxy groups -OCH3 is 1. The summed E-state index contributed by atoms with van der Waals surface area (Å²) in [7, 11) is 1.58. The first kappa shape index (κ1) is 15.4. The number of benzene rings is 1. The number of amidine groups is 1. The number of aliphatic imine (C=N–C) groups is 1. The van der Waals surface area contributed by atoms with Crippen molar-refractivity contribution in [3.8, 4) is 11.5 Å². The predicted molar refractivity (Wildman–Crippen MR) is 86.1 cm³/mol. The number of thioether (sulfide) groups is 1. The van der Waals surface area contributed by atoms with Crippen molar-refractivity contribution in [3.05, 3.63) is 29.8 Å². The molecule has 21 heavy (non-hydrogen) atoms. The highest BCUT2D eigenvalue weighted by Crippen LogP contribution is 2.28. The summed E-state index contributed by atoms with van der Waals surface area (Å²) < 4.78 is 10.8. The van der Waals surface area contributed by atoms with Crippen molar-refractivity contribution in [2.75, 3.05) is 26.0 Å². The van der Waals surface area contributed by atoms with Gasteiger partial charge in [0.25, 0.3) is 5.91 Å². The quantitative estimate of drug-likeness (QED) is 0.907. The number of rotatable bonds is 5. The predicted octanol–water partition coefficient (Wildman–Crippen LogP) is 2.33. The second kappa shape index (κ2) is 7.73. The van der Waals surface area contributed by atoms with E-state index in [-0.39, 0.29) is 12.5 Å². The van der Waals surface area contributed by atoms with Crippen molar-refractivity contribution in [1.29, 1.82) is 0 Å². The highest BCUT2D eigenvalue weighted by Gasteiger charge is 2.12. The molecule has 1 heterocycles. The summed E-state index contributed by atoms with van der Waals surface area (Å²) in [6, 6.07) is 5.57. The van der Waals surface area contributed by atoms with Gasteiger partial charge in [-0.3, -0.25) is 9.79 Å². The Bertz CT molecular complexity index is 570. The van der Waals surface area contributed by atoms with Crippen LogP contribution in [0.1, 0.15) is 12.5 Å². The minimum atomic E-state index is -0.220. The molecule has 0 bridgehead atoms. The van der Waals surface area contributed by atoms with E-state index in [2.05, 4.69) is 10.3 Å². The topological polar surface area (TPSA) is 59.9 Å². The Kier molecular flexibility index (Phi) is 5.68. The van der Waals surface area contributed by atoms with Gasteiger partial charge in [-0.1, -0.05) is 30.0 Å². The lowest BCUT2D eigenvalue weighted by Crippen LogP contribution is -2.32. The zero-order chi connectivity index (χ0) is 15.1. The van der Waals surface area contributed by atoms with Crippen molar-refractivity contribution in [2.24, 2.45) is 4.99 Å². The van der Waals surface area contributed by atoms with E-state index in [1.54, 1.807) is 13.2 Å². The standard InChI is InChI=1S/C15H18N2O3S/c1-3-4-11-5-6-12(13(9-11)19-2)20-10-14(18)17-15-16-7-8-21-15/h3-6,9H,7-8,10H2,1-2H3,(H,16,17,18)/b4-3+. The van der Waals surface area contributed by atoms with Gasteiger partial charge in [0, 0.05) is 5.75 Å². The summed E-state index contributed by atoms with van der Waals surface area (Å²) in [4.78, 5) is 15.9. The third kappa shape index (κ3) is 4.53. The monoisotopic (exact) mass is 306 g/mol. The summed E-state index contributed by atoms with van der Waals surface area (Å²) in [6.07, 6.45) is 3.91. The lowest BCUT2D eigenvalue weighted by molar-refractivity contribution is -0.121. The van der Waals surface area contributed by atoms with Crippen molar-refractivity contribution >= 4 is 28.9 Å². The van der Waals surface area contributed by atoms with Crippen LogP contribution in [0.15, 0.2) is 29.3 Å². The van der Waals surface area contributed by atoms with E-state index in [9.17, 15) is 4.79 Å². The fraction of sp³-hybridized carbons (Fsp3) is 0.333. The molecule has 1 N–H and O–H groups in total. The molecule has 6 heteroatoms. The Morgan fingerprint density at radius 3 is 3.00 bits per heavy atom. The molecule has 1 amide bonds. The van der Waals surface area contributed by atoms with Crippen LogP contribution in [0.25, 0.3) is 6.08 Å². The molecule has 0 radical (unpaired) electrons. The Balaban J connectivity index is 1.94. The molecule has 0 spiro atoms. The molecule has 1 aromatic carbocycles. The van der Waals surface area contributed by atoms with Crippen LogP contribution in [0, 0.1) is 0 Å². The molecule has 1 aromatic rings. The molecule has 5 nitrogen and oxygen atoms in total. The molecule has 0 aromatic heterocycles. The van der Waals surface area contributed by atoms with Gasteiger partial charge in [0.2, 0.25) is 0 Å². The fourth-order valence-corrected chi connectivity index (χ4v) is 2.55. The van der Waals surface area contributed by atoms with E-state index in [1.807, 2.05) is 31.2 Å². The van der Waals surface area contributed by atoms with Crippen LogP contribution in [0.2, 0.25) is 0 Å². The van der Waals surface area contributed by atoms with Crippen molar-refractivity contribution in [1.82, 2.24) is 5.32 Å². The highest BCUT2D eigenvalue weighted by atomic mass is 32.2. The van der Waals surface area contributed by atoms with Crippen LogP contribution in [-0.2, 0) is 4.79 Å². The van der Waals surface area contributed by atoms with Crippen molar-refractivity contribution in [2.45, 2.75) is 6.92 Å². The largest absolute Gasteiger partial charge is 0.493 e. The van der Waals surface area contributed by atoms with Gasteiger partial charge >= 0.3 is 0 Å². The smallest absolute Gasteiger partial charge is 0.263 e. The average molecular weight is 306 g/mol. The molecular weight excluding hydrogens is 288 g/mol. The highest BCUT2D eigenvalue weighted by molar-refractivity contribution is 8.14. The molecule has 1 aliphatic rings. The van der Waals surface area contributed by atoms with Gasteiger partial charge in [-0.15, -0.1) is 0 Å². The zero-order valence-electron chi connectivity index (χ0n) is 12.1. The lowest BCUT2D eigenvalue weighted by atomic mass is 10.2. The molecule has 0 fully saturated rings. The van der Waals surface area contributed by atoms with Crippen LogP contribution in [0.5, 0.6) is 11.5 Å². The Labute approximate surface area is 128 Å². The number of hydrogen-bond acceptors (Lipinski definition) is 5. The number of hydrogen-bond donors (Lipinski definition) is 1. The van der Waals surface area contributed by atoms with Crippen molar-refractivity contribution in [3.63, 3.8) is 0 Å². The summed E-state index contributed by atoms with van der Waals surface area (Å²) in [6.45, 7) is 2.63. The Morgan fingerprint density at radius 1 is 1.48 bits per heavy atom. The SMILES string of the molecule is C/C=C/c1ccc(OCC(=O)NC2=NCCS2)c(OC)c1. The molecular formula is C15H18N2O3S. The van der Waals surface area contributed by atoms with Crippen LogP contribution in [0.3, 0.4) is 0 Å². The van der Waals surface area contributed by atoms with Crippen molar-refractivity contribution < 1.29 is 14.3 Å². The fourth-order valence-electron chi connectivity index (χ4n) is 1.81. The molecule has 0 atom stereocenters. The number of nitrogens with zero attached hydrogens (tertiary/aromatic N) is 1. The van der Waals surface area contributed by atoms with Gasteiger partial charge in [0.1, 0.15) is 0 Å². The van der Waals surface area contributed by atoms with E-state index >= 15 is 0 Å². The first-order valence-corrected chi connectivity index (χ1v) is 7.62. The van der Waals surface area contributed by atoms with E-state index in [4.69, 9.17) is 9.47 Å². The molecule has 2 rings (SSSR count). The van der Waals surface area contributed by atoms with Crippen LogP contribution >= 0.6 is 11.8 Å². The summed E-state index contributed by atoms with van der Waals surface area (Å²) in [5.74, 6) is 1.84. The molecule has 1 aliphatic heterocycles. The Hall–Kier alpha value is -1.95. The first-order chi connectivity index (χ1) is 10.2. The number of nitrogens with one attached hydrogen (secondary N) is 1. The van der Waals surface area contributed by atoms with Gasteiger partial charge in [0.15, 0.2) is 23.3 Å². The minimum absolute atomic E-state index is 0.0705. The summed E-state index contributed by atoms with van der Waals surface area (Å²) in [5.41, 5.74) is 1.02. The van der Waals surface area contributed by atoms with E-state index in [0.717, 1.165) is 17.9 Å². The first-order valence-electron chi connectivity index (χ1n) is 6.63. The lowest BCUT2D eigenvalue weighted by Gasteiger charge is -2.11. The van der Waals surface area contributed by atoms with E-state index in [0.29, 0.717) is 16.7 Å². The van der Waals surface area contributed by atoms with Gasteiger partial charge in [-0.05, 0) is 24.6 Å². The zero-order valence-corrected chi connectivity index (χ0v) is 12.9. The van der Waals surface area contributed by atoms with Gasteiger partial charge in [0.05, 0.1) is 13.7 Å². The molecule has 0 saturated heterocycles. The minimum Gasteiger partial charge on any atom is -0.493 e. The second-order valence-corrected chi connectivity index (χ2v) is 5.37. The number of allylic oxidation sites excluding steroid dienone is 1. The Morgan fingerprint density at radius 2 is 2.33 bits per heavy atom. The normalized spacial score (nSPS) is 14.1. The third-order valence-electron chi connectivity index (χ3n) is 2.74. The van der Waals surface area contributed by atoms with Crippen LogP contribution in [0.4, 0.5) is 0 Å².